The highest BCUT2D eigenvalue weighted by Gasteiger charge is 2.60. The molecule has 13 heteroatoms. The molecule has 1 fully saturated rings. The molecule has 3 heterocycles. The highest BCUT2D eigenvalue weighted by molar-refractivity contribution is 6.07. The number of aliphatic hydroxyl groups is 1. The Balaban J connectivity index is 1.52. The molecule has 8 nitrogen and oxygen atoms in total. The Bertz CT molecular complexity index is 1290. The van der Waals surface area contributed by atoms with Crippen LogP contribution in [0, 0.1) is 0 Å². The predicted octanol–water partition coefficient (Wildman–Crippen LogP) is 4.83. The van der Waals surface area contributed by atoms with Crippen LogP contribution < -0.4 is 15.4 Å². The van der Waals surface area contributed by atoms with Gasteiger partial charge in [-0.15, -0.1) is 0 Å². The summed E-state index contributed by atoms with van der Waals surface area (Å²) in [7, 11) is 0. The maximum atomic E-state index is 14.3. The smallest absolute Gasteiger partial charge is 0.458 e. The van der Waals surface area contributed by atoms with Crippen LogP contribution >= 0.6 is 0 Å². The summed E-state index contributed by atoms with van der Waals surface area (Å²) in [6, 6.07) is 8.92. The molecular weight excluding hydrogens is 537 g/mol. The zero-order valence-corrected chi connectivity index (χ0v) is 21.3. The third kappa shape index (κ3) is 7.21. The Hall–Kier alpha value is -3.84. The van der Waals surface area contributed by atoms with E-state index in [-0.39, 0.29) is 23.6 Å². The molecule has 1 aromatic carbocycles. The van der Waals surface area contributed by atoms with Crippen molar-refractivity contribution in [3.05, 3.63) is 77.7 Å². The van der Waals surface area contributed by atoms with Gasteiger partial charge in [-0.1, -0.05) is 0 Å². The number of hydrogen-bond acceptors (Lipinski definition) is 7. The molecule has 1 aliphatic rings. The highest BCUT2D eigenvalue weighted by Crippen LogP contribution is 2.47. The Morgan fingerprint density at radius 2 is 1.77 bits per heavy atom. The molecule has 1 atom stereocenters. The minimum absolute atomic E-state index is 0.0836. The number of carbonyl (C=O) groups is 1. The van der Waals surface area contributed by atoms with E-state index in [9.17, 15) is 31.9 Å². The molecule has 4 rings (SSSR count). The van der Waals surface area contributed by atoms with Crippen molar-refractivity contribution in [3.63, 3.8) is 0 Å². The molecule has 2 aromatic heterocycles. The van der Waals surface area contributed by atoms with Crippen LogP contribution in [0.25, 0.3) is 0 Å². The molecule has 1 saturated heterocycles. The first-order valence-corrected chi connectivity index (χ1v) is 12.6. The zero-order chi connectivity index (χ0) is 28.8. The number of benzene rings is 1. The molecule has 0 spiro atoms. The molecule has 1 aliphatic heterocycles. The number of alkyl halides is 5. The number of carbonyl (C=O) groups excluding carboxylic acids is 1. The fourth-order valence-electron chi connectivity index (χ4n) is 4.25. The second-order valence-corrected chi connectivity index (χ2v) is 9.32. The van der Waals surface area contributed by atoms with Gasteiger partial charge in [0.25, 0.3) is 5.91 Å². The van der Waals surface area contributed by atoms with Crippen LogP contribution in [-0.4, -0.2) is 64.4 Å². The van der Waals surface area contributed by atoms with E-state index in [2.05, 4.69) is 20.6 Å². The van der Waals surface area contributed by atoms with Gasteiger partial charge in [-0.05, 0) is 67.9 Å². The monoisotopic (exact) mass is 565 g/mol. The van der Waals surface area contributed by atoms with Crippen molar-refractivity contribution in [3.8, 4) is 5.75 Å². The van der Waals surface area contributed by atoms with Gasteiger partial charge in [-0.25, -0.2) is 4.98 Å². The fourth-order valence-corrected chi connectivity index (χ4v) is 4.25. The van der Waals surface area contributed by atoms with E-state index in [0.29, 0.717) is 12.6 Å². The van der Waals surface area contributed by atoms with Crippen molar-refractivity contribution in [2.45, 2.75) is 37.6 Å². The van der Waals surface area contributed by atoms with Gasteiger partial charge in [-0.2, -0.15) is 22.0 Å². The average Bonchev–Trinajstić information content (AvgIpc) is 3.44. The lowest BCUT2D eigenvalue weighted by Gasteiger charge is -2.24. The van der Waals surface area contributed by atoms with E-state index < -0.39 is 42.0 Å². The van der Waals surface area contributed by atoms with Gasteiger partial charge in [-0.3, -0.25) is 9.78 Å². The lowest BCUT2D eigenvalue weighted by atomic mass is 10.1. The van der Waals surface area contributed by atoms with Gasteiger partial charge in [0.1, 0.15) is 24.3 Å². The van der Waals surface area contributed by atoms with Crippen molar-refractivity contribution in [1.82, 2.24) is 14.9 Å². The minimum Gasteiger partial charge on any atom is -0.490 e. The Kier molecular flexibility index (Phi) is 9.15. The first-order valence-electron chi connectivity index (χ1n) is 12.6. The number of amides is 1. The fraction of sp³-hybridized carbons (Fsp3) is 0.370. The first-order chi connectivity index (χ1) is 19.0. The van der Waals surface area contributed by atoms with Crippen molar-refractivity contribution in [2.75, 3.05) is 36.9 Å². The second-order valence-electron chi connectivity index (χ2n) is 9.32. The molecular formula is C27H28F5N5O3. The third-order valence-corrected chi connectivity index (χ3v) is 6.29. The lowest BCUT2D eigenvalue weighted by Crippen LogP contribution is -2.36. The summed E-state index contributed by atoms with van der Waals surface area (Å²) in [5.74, 6) is -6.47. The summed E-state index contributed by atoms with van der Waals surface area (Å²) < 4.78 is 73.5. The number of hydrogen-bond donors (Lipinski definition) is 3. The minimum atomic E-state index is -5.88. The maximum absolute atomic E-state index is 14.3. The van der Waals surface area contributed by atoms with E-state index in [1.165, 1.54) is 18.3 Å². The number of aliphatic hydroxyl groups excluding tert-OH is 1. The van der Waals surface area contributed by atoms with E-state index in [0.717, 1.165) is 43.6 Å². The molecule has 0 aliphatic carbocycles. The van der Waals surface area contributed by atoms with E-state index in [1.54, 1.807) is 24.5 Å². The largest absolute Gasteiger partial charge is 0.490 e. The number of halogens is 5. The van der Waals surface area contributed by atoms with Crippen LogP contribution in [0.4, 0.5) is 33.5 Å². The van der Waals surface area contributed by atoms with Crippen molar-refractivity contribution in [2.24, 2.45) is 0 Å². The Labute approximate surface area is 227 Å². The highest BCUT2D eigenvalue weighted by atomic mass is 19.4. The molecule has 3 N–H and O–H groups in total. The van der Waals surface area contributed by atoms with Crippen LogP contribution in [-0.2, 0) is 12.5 Å². The number of nitrogens with one attached hydrogen (secondary N) is 2. The number of pyridine rings is 2. The second kappa shape index (κ2) is 12.6. The Morgan fingerprint density at radius 3 is 2.48 bits per heavy atom. The molecule has 214 valence electrons. The first kappa shape index (κ1) is 29.2. The van der Waals surface area contributed by atoms with Crippen LogP contribution in [0.2, 0.25) is 0 Å². The quantitative estimate of drug-likeness (QED) is 0.287. The molecule has 0 bridgehead atoms. The number of aromatic nitrogens is 2. The predicted molar refractivity (Wildman–Crippen MR) is 137 cm³/mol. The number of likely N-dealkylation sites (tertiary alicyclic amines) is 1. The number of ether oxygens (including phenoxy) is 1. The van der Waals surface area contributed by atoms with Gasteiger partial charge in [0.15, 0.2) is 0 Å². The molecule has 0 radical (unpaired) electrons. The van der Waals surface area contributed by atoms with Gasteiger partial charge >= 0.3 is 12.1 Å². The average molecular weight is 566 g/mol. The SMILES string of the molecule is O=C(Nc1ccc(C(F)(F)C(F)(F)F)c(OCC(O)CN2CCCC2)c1)c1cccnc1NCc1ccncc1. The van der Waals surface area contributed by atoms with Crippen molar-refractivity contribution >= 4 is 17.4 Å². The Morgan fingerprint density at radius 1 is 1.05 bits per heavy atom. The van der Waals surface area contributed by atoms with E-state index >= 15 is 0 Å². The summed E-state index contributed by atoms with van der Waals surface area (Å²) in [4.78, 5) is 23.1. The summed E-state index contributed by atoms with van der Waals surface area (Å²) in [5.41, 5.74) is -0.515. The van der Waals surface area contributed by atoms with E-state index in [1.807, 2.05) is 4.90 Å². The third-order valence-electron chi connectivity index (χ3n) is 6.29. The zero-order valence-electron chi connectivity index (χ0n) is 21.3. The maximum Gasteiger partial charge on any atom is 0.458 e. The van der Waals surface area contributed by atoms with Gasteiger partial charge < -0.3 is 25.4 Å². The van der Waals surface area contributed by atoms with Crippen LogP contribution in [0.15, 0.2) is 61.1 Å². The van der Waals surface area contributed by atoms with E-state index in [4.69, 9.17) is 4.74 Å². The topological polar surface area (TPSA) is 99.6 Å². The molecule has 0 saturated carbocycles. The van der Waals surface area contributed by atoms with Gasteiger partial charge in [0, 0.05) is 43.4 Å². The summed E-state index contributed by atoms with van der Waals surface area (Å²) >= 11 is 0. The van der Waals surface area contributed by atoms with Crippen LogP contribution in [0.3, 0.4) is 0 Å². The molecule has 1 unspecified atom stereocenters. The van der Waals surface area contributed by atoms with Crippen molar-refractivity contribution < 1.29 is 36.6 Å². The lowest BCUT2D eigenvalue weighted by molar-refractivity contribution is -0.289. The number of β-amino-alcohol motifs (C(OH)–C–C–N with tert-alkyl or cyclic N) is 1. The summed E-state index contributed by atoms with van der Waals surface area (Å²) in [6.45, 7) is 1.52. The van der Waals surface area contributed by atoms with Crippen LogP contribution in [0.5, 0.6) is 5.75 Å². The van der Waals surface area contributed by atoms with Crippen molar-refractivity contribution in [1.29, 1.82) is 0 Å². The standard InChI is InChI=1S/C27H28F5N5O3/c28-26(29,27(30,31)32)22-6-5-19(14-23(22)40-17-20(38)16-37-12-1-2-13-37)36-25(39)21-4-3-9-34-24(21)35-15-18-7-10-33-11-8-18/h3-11,14,20,38H,1-2,12-13,15-17H2,(H,34,35)(H,36,39). The number of anilines is 2. The molecule has 40 heavy (non-hydrogen) atoms. The van der Waals surface area contributed by atoms with Crippen LogP contribution in [0.1, 0.15) is 34.3 Å². The molecule has 3 aromatic rings. The number of rotatable bonds is 11. The number of nitrogens with zero attached hydrogens (tertiary/aromatic N) is 3. The molecule has 1 amide bonds. The van der Waals surface area contributed by atoms with Gasteiger partial charge in [0.05, 0.1) is 11.1 Å². The normalized spacial score (nSPS) is 15.1. The van der Waals surface area contributed by atoms with Gasteiger partial charge in [0.2, 0.25) is 0 Å². The summed E-state index contributed by atoms with van der Waals surface area (Å²) in [5, 5.41) is 15.8. The summed E-state index contributed by atoms with van der Waals surface area (Å²) in [6.07, 6.45) is -0.396.